The van der Waals surface area contributed by atoms with Gasteiger partial charge in [-0.1, -0.05) is 68.3 Å². The quantitative estimate of drug-likeness (QED) is 0.478. The number of rotatable bonds is 9. The van der Waals surface area contributed by atoms with Gasteiger partial charge in [0.05, 0.1) is 6.42 Å². The summed E-state index contributed by atoms with van der Waals surface area (Å²) < 4.78 is 5.62. The van der Waals surface area contributed by atoms with Crippen LogP contribution in [0.1, 0.15) is 68.9 Å². The molecule has 3 atom stereocenters. The summed E-state index contributed by atoms with van der Waals surface area (Å²) in [5.74, 6) is -1.06. The van der Waals surface area contributed by atoms with Gasteiger partial charge in [-0.2, -0.15) is 0 Å². The van der Waals surface area contributed by atoms with E-state index in [0.29, 0.717) is 6.42 Å². The molecule has 2 unspecified atom stereocenters. The highest BCUT2D eigenvalue weighted by atomic mass is 16.5. The first-order valence-corrected chi connectivity index (χ1v) is 12.6. The van der Waals surface area contributed by atoms with Crippen molar-refractivity contribution >= 4 is 18.0 Å². The van der Waals surface area contributed by atoms with Gasteiger partial charge in [0, 0.05) is 24.4 Å². The molecule has 2 aromatic carbocycles. The number of carbonyl (C=O) groups excluding carboxylic acids is 2. The van der Waals surface area contributed by atoms with Crippen LogP contribution in [-0.4, -0.2) is 41.8 Å². The van der Waals surface area contributed by atoms with Gasteiger partial charge in [0.2, 0.25) is 5.91 Å². The van der Waals surface area contributed by atoms with Crippen molar-refractivity contribution in [1.29, 1.82) is 0 Å². The molecule has 0 radical (unpaired) electrons. The Morgan fingerprint density at radius 2 is 1.63 bits per heavy atom. The van der Waals surface area contributed by atoms with Gasteiger partial charge in [-0.15, -0.1) is 0 Å². The van der Waals surface area contributed by atoms with Crippen molar-refractivity contribution in [3.05, 3.63) is 59.7 Å². The molecule has 4 rings (SSSR count). The minimum absolute atomic E-state index is 0.0194. The van der Waals surface area contributed by atoms with Gasteiger partial charge < -0.3 is 20.5 Å². The number of aliphatic carboxylic acids is 1. The Hall–Kier alpha value is -3.35. The van der Waals surface area contributed by atoms with E-state index in [-0.39, 0.29) is 49.3 Å². The van der Waals surface area contributed by atoms with Crippen LogP contribution >= 0.6 is 0 Å². The lowest BCUT2D eigenvalue weighted by Gasteiger charge is -2.31. The predicted molar refractivity (Wildman–Crippen MR) is 133 cm³/mol. The second kappa shape index (κ2) is 11.4. The zero-order valence-corrected chi connectivity index (χ0v) is 20.2. The number of nitrogens with one attached hydrogen (secondary N) is 2. The third-order valence-electron chi connectivity index (χ3n) is 7.28. The van der Waals surface area contributed by atoms with Crippen molar-refractivity contribution in [2.45, 2.75) is 69.9 Å². The molecule has 0 spiro atoms. The summed E-state index contributed by atoms with van der Waals surface area (Å²) in [7, 11) is 0. The molecule has 2 aliphatic carbocycles. The Morgan fingerprint density at radius 3 is 2.26 bits per heavy atom. The van der Waals surface area contributed by atoms with E-state index < -0.39 is 12.1 Å². The largest absolute Gasteiger partial charge is 0.481 e. The Bertz CT molecular complexity index is 1020. The van der Waals surface area contributed by atoms with E-state index in [1.807, 2.05) is 31.2 Å². The van der Waals surface area contributed by atoms with Gasteiger partial charge in [0.25, 0.3) is 0 Å². The van der Waals surface area contributed by atoms with E-state index in [9.17, 15) is 14.4 Å². The van der Waals surface area contributed by atoms with Crippen LogP contribution in [0.2, 0.25) is 0 Å². The highest BCUT2D eigenvalue weighted by molar-refractivity contribution is 5.80. The van der Waals surface area contributed by atoms with Gasteiger partial charge in [0.1, 0.15) is 6.61 Å². The number of alkyl carbamates (subject to hydrolysis) is 1. The summed E-state index contributed by atoms with van der Waals surface area (Å²) in [6, 6.07) is 15.9. The summed E-state index contributed by atoms with van der Waals surface area (Å²) in [5, 5.41) is 15.0. The van der Waals surface area contributed by atoms with Gasteiger partial charge in [0.15, 0.2) is 0 Å². The fourth-order valence-electron chi connectivity index (χ4n) is 5.46. The number of amides is 2. The van der Waals surface area contributed by atoms with Gasteiger partial charge in [-0.05, 0) is 47.4 Å². The maximum absolute atomic E-state index is 12.7. The molecule has 35 heavy (non-hydrogen) atoms. The first-order valence-electron chi connectivity index (χ1n) is 12.6. The van der Waals surface area contributed by atoms with Crippen LogP contribution < -0.4 is 10.6 Å². The maximum atomic E-state index is 12.7. The smallest absolute Gasteiger partial charge is 0.407 e. The summed E-state index contributed by atoms with van der Waals surface area (Å²) in [6.45, 7) is 2.14. The third-order valence-corrected chi connectivity index (χ3v) is 7.28. The summed E-state index contributed by atoms with van der Waals surface area (Å²) in [4.78, 5) is 36.5. The Labute approximate surface area is 206 Å². The molecule has 0 bridgehead atoms. The number of ether oxygens (including phenoxy) is 1. The van der Waals surface area contributed by atoms with E-state index >= 15 is 0 Å². The lowest BCUT2D eigenvalue weighted by Crippen LogP contribution is -2.45. The van der Waals surface area contributed by atoms with Crippen LogP contribution in [0.25, 0.3) is 11.1 Å². The molecule has 7 nitrogen and oxygen atoms in total. The molecule has 2 amide bonds. The molecule has 0 aromatic heterocycles. The summed E-state index contributed by atoms with van der Waals surface area (Å²) >= 11 is 0. The first-order chi connectivity index (χ1) is 17.0. The van der Waals surface area contributed by atoms with Crippen molar-refractivity contribution in [2.75, 3.05) is 6.61 Å². The number of carboxylic acid groups (broad SMARTS) is 1. The fraction of sp³-hybridized carbons (Fsp3) is 0.464. The van der Waals surface area contributed by atoms with Crippen LogP contribution in [-0.2, 0) is 14.3 Å². The minimum atomic E-state index is -0.834. The molecular formula is C28H34N2O5. The Kier molecular flexibility index (Phi) is 8.06. The van der Waals surface area contributed by atoms with Gasteiger partial charge in [-0.3, -0.25) is 9.59 Å². The van der Waals surface area contributed by atoms with E-state index in [1.54, 1.807) is 0 Å². The topological polar surface area (TPSA) is 105 Å². The van der Waals surface area contributed by atoms with Crippen molar-refractivity contribution in [3.8, 4) is 11.1 Å². The monoisotopic (exact) mass is 478 g/mol. The highest BCUT2D eigenvalue weighted by Gasteiger charge is 2.30. The number of benzene rings is 2. The number of carboxylic acids is 1. The van der Waals surface area contributed by atoms with E-state index in [1.165, 1.54) is 11.1 Å². The highest BCUT2D eigenvalue weighted by Crippen LogP contribution is 2.44. The number of carbonyl (C=O) groups is 3. The zero-order valence-electron chi connectivity index (χ0n) is 20.2. The molecule has 186 valence electrons. The molecule has 0 aliphatic heterocycles. The lowest BCUT2D eigenvalue weighted by molar-refractivity contribution is -0.139. The second-order valence-electron chi connectivity index (χ2n) is 9.60. The number of fused-ring (bicyclic) bond motifs is 3. The average Bonchev–Trinajstić information content (AvgIpc) is 3.17. The second-order valence-corrected chi connectivity index (χ2v) is 9.60. The molecule has 7 heteroatoms. The molecular weight excluding hydrogens is 444 g/mol. The molecule has 2 aromatic rings. The summed E-state index contributed by atoms with van der Waals surface area (Å²) in [6.07, 6.45) is 3.83. The van der Waals surface area contributed by atoms with Gasteiger partial charge in [-0.25, -0.2) is 4.79 Å². The zero-order chi connectivity index (χ0) is 24.8. The first kappa shape index (κ1) is 24.8. The van der Waals surface area contributed by atoms with Crippen molar-refractivity contribution in [3.63, 3.8) is 0 Å². The predicted octanol–water partition coefficient (Wildman–Crippen LogP) is 4.84. The minimum Gasteiger partial charge on any atom is -0.481 e. The van der Waals surface area contributed by atoms with Crippen molar-refractivity contribution < 1.29 is 24.2 Å². The van der Waals surface area contributed by atoms with E-state index in [0.717, 1.165) is 36.8 Å². The van der Waals surface area contributed by atoms with Crippen LogP contribution in [0.5, 0.6) is 0 Å². The van der Waals surface area contributed by atoms with Crippen molar-refractivity contribution in [1.82, 2.24) is 10.6 Å². The molecule has 3 N–H and O–H groups in total. The Balaban J connectivity index is 1.30. The maximum Gasteiger partial charge on any atom is 0.407 e. The SMILES string of the molecule is CC[C@H](CC(=O)NC1CCCCC1CC(=O)O)NC(=O)OCC1c2ccccc2-c2ccccc21. The van der Waals surface area contributed by atoms with Crippen LogP contribution in [0.4, 0.5) is 4.79 Å². The van der Waals surface area contributed by atoms with E-state index in [4.69, 9.17) is 9.84 Å². The molecule has 1 fully saturated rings. The van der Waals surface area contributed by atoms with Crippen LogP contribution in [0.3, 0.4) is 0 Å². The van der Waals surface area contributed by atoms with Crippen molar-refractivity contribution in [2.24, 2.45) is 5.92 Å². The van der Waals surface area contributed by atoms with Crippen LogP contribution in [0.15, 0.2) is 48.5 Å². The number of hydrogen-bond donors (Lipinski definition) is 3. The van der Waals surface area contributed by atoms with Gasteiger partial charge >= 0.3 is 12.1 Å². The standard InChI is InChI=1S/C28H34N2O5/c1-2-19(16-26(31)30-25-14-8-3-9-18(25)15-27(32)33)29-28(34)35-17-24-22-12-6-4-10-20(22)21-11-5-7-13-23(21)24/h4-7,10-13,18-19,24-25H,2-3,8-9,14-17H2,1H3,(H,29,34)(H,30,31)(H,32,33)/t18?,19-,25?/m1/s1. The average molecular weight is 479 g/mol. The lowest BCUT2D eigenvalue weighted by atomic mass is 9.82. The Morgan fingerprint density at radius 1 is 1.00 bits per heavy atom. The molecule has 1 saturated carbocycles. The normalized spacial score (nSPS) is 19.8. The summed E-state index contributed by atoms with van der Waals surface area (Å²) in [5.41, 5.74) is 4.64. The van der Waals surface area contributed by atoms with Crippen LogP contribution in [0, 0.1) is 5.92 Å². The third kappa shape index (κ3) is 6.02. The molecule has 2 aliphatic rings. The molecule has 0 heterocycles. The molecule has 0 saturated heterocycles. The number of hydrogen-bond acceptors (Lipinski definition) is 4. The fourth-order valence-corrected chi connectivity index (χ4v) is 5.46. The van der Waals surface area contributed by atoms with E-state index in [2.05, 4.69) is 34.9 Å².